The van der Waals surface area contributed by atoms with Gasteiger partial charge in [-0.2, -0.15) is 0 Å². The highest BCUT2D eigenvalue weighted by Crippen LogP contribution is 2.12. The standard InChI is InChI=1S/2C6H16Si.C5H14O2Si.C4H12OSi.C3H10Si.CH4/c2*1-5-7(3,4)6-2;1-5-8(4,6-2)7-3;1-4-6(3)5-2;1-3-4-2;/h2*5-6H2,1-4H3;5H2,1-4H3;6H,4H2,1-3H3;3-4H2,1-2H3;1H4. The van der Waals surface area contributed by atoms with Crippen molar-refractivity contribution in [1.82, 2.24) is 0 Å². The van der Waals surface area contributed by atoms with Crippen LogP contribution >= 0.6 is 0 Å². The Balaban J connectivity index is -0.0000000695. The maximum Gasteiger partial charge on any atom is 0.334 e. The average molecular weight is 561 g/mol. The van der Waals surface area contributed by atoms with Crippen molar-refractivity contribution in [3.8, 4) is 0 Å². The molecule has 0 aliphatic carbocycles. The maximum atomic E-state index is 5.15. The lowest BCUT2D eigenvalue weighted by atomic mass is 10.9. The molecule has 0 spiro atoms. The summed E-state index contributed by atoms with van der Waals surface area (Å²) in [5.41, 5.74) is 0. The molecule has 1 atom stereocenters. The van der Waals surface area contributed by atoms with Gasteiger partial charge in [-0.15, -0.1) is 0 Å². The molecule has 0 fully saturated rings. The molecule has 1 unspecified atom stereocenters. The molecule has 0 aromatic heterocycles. The fourth-order valence-corrected chi connectivity index (χ4v) is 3.12. The van der Waals surface area contributed by atoms with Crippen molar-refractivity contribution in [2.24, 2.45) is 0 Å². The van der Waals surface area contributed by atoms with Gasteiger partial charge in [0, 0.05) is 47.0 Å². The van der Waals surface area contributed by atoms with Gasteiger partial charge in [-0.25, -0.2) is 0 Å². The van der Waals surface area contributed by atoms with Crippen LogP contribution in [0, 0.1) is 0 Å². The molecule has 8 heteroatoms. The molecule has 3 nitrogen and oxygen atoms in total. The van der Waals surface area contributed by atoms with E-state index >= 15 is 0 Å². The van der Waals surface area contributed by atoms with Gasteiger partial charge in [0.2, 0.25) is 0 Å². The topological polar surface area (TPSA) is 27.7 Å². The van der Waals surface area contributed by atoms with Crippen LogP contribution in [0.15, 0.2) is 0 Å². The van der Waals surface area contributed by atoms with E-state index in [1.165, 1.54) is 36.3 Å². The first-order valence-electron chi connectivity index (χ1n) is 13.3. The monoisotopic (exact) mass is 560 g/mol. The van der Waals surface area contributed by atoms with Gasteiger partial charge in [-0.05, 0) is 25.2 Å². The molecule has 0 aliphatic rings. The molecule has 210 valence electrons. The molecule has 0 rings (SSSR count). The Morgan fingerprint density at radius 1 is 0.636 bits per heavy atom. The SMILES string of the molecule is C.CC[SiH2]C.CC[SiH](C)OC.CC[Si](C)(C)CC.CC[Si](C)(C)CC.CC[Si](C)(OC)OC. The minimum Gasteiger partial charge on any atom is -0.423 e. The average Bonchev–Trinajstić information content (AvgIpc) is 2.84. The van der Waals surface area contributed by atoms with Crippen LogP contribution in [0.2, 0.25) is 88.1 Å². The second-order valence-corrected chi connectivity index (χ2v) is 30.3. The Labute approximate surface area is 221 Å². The molecule has 0 heterocycles. The summed E-state index contributed by atoms with van der Waals surface area (Å²) in [6.45, 7) is 32.0. The zero-order chi connectivity index (χ0) is 26.9. The highest BCUT2D eigenvalue weighted by atomic mass is 28.4. The number of hydrogen-bond donors (Lipinski definition) is 0. The van der Waals surface area contributed by atoms with Crippen molar-refractivity contribution >= 4 is 43.3 Å². The Bertz CT molecular complexity index is 298. The molecule has 0 N–H and O–H groups in total. The molecule has 0 aromatic carbocycles. The molecule has 0 amide bonds. The molecule has 33 heavy (non-hydrogen) atoms. The quantitative estimate of drug-likeness (QED) is 0.249. The summed E-state index contributed by atoms with van der Waals surface area (Å²) in [6, 6.07) is 9.45. The van der Waals surface area contributed by atoms with Gasteiger partial charge in [0.05, 0.1) is 0 Å². The Morgan fingerprint density at radius 3 is 0.909 bits per heavy atom. The highest BCUT2D eigenvalue weighted by Gasteiger charge is 2.24. The number of rotatable bonds is 10. The van der Waals surface area contributed by atoms with Crippen LogP contribution in [-0.4, -0.2) is 64.6 Å². The second-order valence-electron chi connectivity index (χ2n) is 10.1. The first-order chi connectivity index (χ1) is 14.6. The molecule has 0 saturated heterocycles. The van der Waals surface area contributed by atoms with Gasteiger partial charge >= 0.3 is 8.56 Å². The molecular formula is C25H72O3Si5. The Hall–Kier alpha value is 0.964. The summed E-state index contributed by atoms with van der Waals surface area (Å²) in [5, 5.41) is 0. The van der Waals surface area contributed by atoms with Gasteiger partial charge in [-0.1, -0.05) is 119 Å². The van der Waals surface area contributed by atoms with Crippen molar-refractivity contribution in [3.63, 3.8) is 0 Å². The van der Waals surface area contributed by atoms with Gasteiger partial charge in [0.1, 0.15) is 0 Å². The van der Waals surface area contributed by atoms with E-state index in [-0.39, 0.29) is 7.43 Å². The molecule has 0 aromatic rings. The zero-order valence-electron chi connectivity index (χ0n) is 26.0. The minimum atomic E-state index is -1.67. The van der Waals surface area contributed by atoms with E-state index in [1.54, 1.807) is 21.3 Å². The van der Waals surface area contributed by atoms with E-state index in [4.69, 9.17) is 13.3 Å². The van der Waals surface area contributed by atoms with Crippen LogP contribution in [0.25, 0.3) is 0 Å². The largest absolute Gasteiger partial charge is 0.423 e. The summed E-state index contributed by atoms with van der Waals surface area (Å²) >= 11 is 0. The maximum absolute atomic E-state index is 5.15. The molecule has 0 radical (unpaired) electrons. The van der Waals surface area contributed by atoms with Crippen molar-refractivity contribution < 1.29 is 13.3 Å². The summed E-state index contributed by atoms with van der Waals surface area (Å²) in [4.78, 5) is 0. The smallest absolute Gasteiger partial charge is 0.334 e. The van der Waals surface area contributed by atoms with Crippen LogP contribution < -0.4 is 0 Å². The van der Waals surface area contributed by atoms with Crippen molar-refractivity contribution in [1.29, 1.82) is 0 Å². The third-order valence-electron chi connectivity index (χ3n) is 6.81. The first-order valence-corrected chi connectivity index (χ1v) is 27.5. The number of hydrogen-bond acceptors (Lipinski definition) is 3. The van der Waals surface area contributed by atoms with Crippen molar-refractivity contribution in [2.45, 2.75) is 144 Å². The summed E-state index contributed by atoms with van der Waals surface area (Å²) < 4.78 is 15.3. The third kappa shape index (κ3) is 43.5. The Kier molecular flexibility index (Phi) is 44.3. The van der Waals surface area contributed by atoms with E-state index in [1.807, 2.05) is 6.55 Å². The predicted octanol–water partition coefficient (Wildman–Crippen LogP) is 9.12. The highest BCUT2D eigenvalue weighted by molar-refractivity contribution is 6.77. The van der Waals surface area contributed by atoms with Crippen LogP contribution in [0.1, 0.15) is 55.9 Å². The molecule has 0 saturated carbocycles. The molecule has 0 bridgehead atoms. The van der Waals surface area contributed by atoms with Crippen molar-refractivity contribution in [3.05, 3.63) is 0 Å². The van der Waals surface area contributed by atoms with Crippen LogP contribution in [0.3, 0.4) is 0 Å². The van der Waals surface area contributed by atoms with Crippen molar-refractivity contribution in [2.75, 3.05) is 21.3 Å². The van der Waals surface area contributed by atoms with E-state index in [2.05, 4.69) is 87.7 Å². The molecular weight excluding hydrogens is 489 g/mol. The zero-order valence-corrected chi connectivity index (χ0v) is 31.5. The minimum absolute atomic E-state index is 0. The normalized spacial score (nSPS) is 11.9. The van der Waals surface area contributed by atoms with Crippen LogP contribution in [-0.2, 0) is 13.3 Å². The van der Waals surface area contributed by atoms with E-state index in [0.29, 0.717) is 9.52 Å². The predicted molar refractivity (Wildman–Crippen MR) is 175 cm³/mol. The van der Waals surface area contributed by atoms with Gasteiger partial charge in [-0.3, -0.25) is 0 Å². The van der Waals surface area contributed by atoms with E-state index < -0.39 is 33.7 Å². The van der Waals surface area contributed by atoms with Gasteiger partial charge < -0.3 is 13.3 Å². The fraction of sp³-hybridized carbons (Fsp3) is 1.00. The first kappa shape index (κ1) is 47.2. The van der Waals surface area contributed by atoms with E-state index in [9.17, 15) is 0 Å². The van der Waals surface area contributed by atoms with Gasteiger partial charge in [0.25, 0.3) is 0 Å². The third-order valence-corrected chi connectivity index (χ3v) is 20.4. The summed E-state index contributed by atoms with van der Waals surface area (Å²) in [7, 11) is 2.00. The van der Waals surface area contributed by atoms with E-state index in [0.717, 1.165) is 6.04 Å². The van der Waals surface area contributed by atoms with Gasteiger partial charge in [0.15, 0.2) is 9.04 Å². The molecule has 0 aliphatic heterocycles. The summed E-state index contributed by atoms with van der Waals surface area (Å²) in [5.74, 6) is 0. The van der Waals surface area contributed by atoms with Crippen LogP contribution in [0.4, 0.5) is 0 Å². The lowest BCUT2D eigenvalue weighted by molar-refractivity contribution is 0.251. The second kappa shape index (κ2) is 31.0. The lowest BCUT2D eigenvalue weighted by Gasteiger charge is -2.19. The summed E-state index contributed by atoms with van der Waals surface area (Å²) in [6.07, 6.45) is 0. The van der Waals surface area contributed by atoms with Crippen LogP contribution in [0.5, 0.6) is 0 Å². The fourth-order valence-electron chi connectivity index (χ4n) is 1.04. The Morgan fingerprint density at radius 2 is 0.909 bits per heavy atom. The lowest BCUT2D eigenvalue weighted by Crippen LogP contribution is -2.34.